The van der Waals surface area contributed by atoms with E-state index in [1.807, 2.05) is 0 Å². The molecule has 0 bridgehead atoms. The molecule has 0 aromatic heterocycles. The number of nitrogens with zero attached hydrogens (tertiary/aromatic N) is 1. The van der Waals surface area contributed by atoms with Crippen LogP contribution in [0.4, 0.5) is 0 Å². The molecule has 100 valence electrons. The summed E-state index contributed by atoms with van der Waals surface area (Å²) < 4.78 is 0. The smallest absolute Gasteiger partial charge is 0.0235 e. The van der Waals surface area contributed by atoms with Crippen molar-refractivity contribution in [3.63, 3.8) is 0 Å². The Kier molecular flexibility index (Phi) is 4.48. The summed E-state index contributed by atoms with van der Waals surface area (Å²) in [6, 6.07) is 1.69. The number of hydrogen-bond acceptors (Lipinski definition) is 2. The highest BCUT2D eigenvalue weighted by Gasteiger charge is 2.33. The van der Waals surface area contributed by atoms with E-state index in [9.17, 15) is 0 Å². The Bertz CT molecular complexity index is 221. The van der Waals surface area contributed by atoms with Crippen LogP contribution in [0.15, 0.2) is 0 Å². The minimum atomic E-state index is 0.600. The van der Waals surface area contributed by atoms with Crippen LogP contribution in [0.2, 0.25) is 0 Å². The molecule has 0 aromatic carbocycles. The molecule has 17 heavy (non-hydrogen) atoms. The maximum absolute atomic E-state index is 3.52. The van der Waals surface area contributed by atoms with Crippen molar-refractivity contribution in [2.45, 2.75) is 71.4 Å². The molecule has 1 saturated carbocycles. The van der Waals surface area contributed by atoms with Crippen LogP contribution >= 0.6 is 0 Å². The zero-order valence-electron chi connectivity index (χ0n) is 12.0. The summed E-state index contributed by atoms with van der Waals surface area (Å²) in [5, 5.41) is 3.52. The third-order valence-corrected chi connectivity index (χ3v) is 4.76. The van der Waals surface area contributed by atoms with Crippen LogP contribution in [0.3, 0.4) is 0 Å². The van der Waals surface area contributed by atoms with E-state index in [-0.39, 0.29) is 0 Å². The first-order valence-corrected chi connectivity index (χ1v) is 7.59. The van der Waals surface area contributed by atoms with Crippen LogP contribution in [0, 0.1) is 5.41 Å². The summed E-state index contributed by atoms with van der Waals surface area (Å²) in [4.78, 5) is 2.83. The molecule has 2 nitrogen and oxygen atoms in total. The molecule has 2 heteroatoms. The van der Waals surface area contributed by atoms with E-state index in [1.165, 1.54) is 58.2 Å². The first kappa shape index (κ1) is 13.4. The van der Waals surface area contributed by atoms with E-state index < -0.39 is 0 Å². The van der Waals surface area contributed by atoms with Gasteiger partial charge in [0.2, 0.25) is 0 Å². The molecular formula is C15H30N2. The molecule has 0 aromatic rings. The Hall–Kier alpha value is -0.0800. The number of hydrogen-bond donors (Lipinski definition) is 1. The average Bonchev–Trinajstić information content (AvgIpc) is 2.80. The molecule has 2 fully saturated rings. The lowest BCUT2D eigenvalue weighted by Crippen LogP contribution is -2.47. The lowest BCUT2D eigenvalue weighted by molar-refractivity contribution is 0.0770. The highest BCUT2D eigenvalue weighted by atomic mass is 15.2. The van der Waals surface area contributed by atoms with E-state index >= 15 is 0 Å². The predicted octanol–water partition coefficient (Wildman–Crippen LogP) is 3.03. The Morgan fingerprint density at radius 3 is 2.35 bits per heavy atom. The van der Waals surface area contributed by atoms with Gasteiger partial charge in [0.05, 0.1) is 0 Å². The largest absolute Gasteiger partial charge is 0.315 e. The van der Waals surface area contributed by atoms with Crippen LogP contribution in [0.25, 0.3) is 0 Å². The van der Waals surface area contributed by atoms with E-state index in [2.05, 4.69) is 31.0 Å². The van der Waals surface area contributed by atoms with Gasteiger partial charge in [-0.25, -0.2) is 0 Å². The second kappa shape index (κ2) is 5.71. The van der Waals surface area contributed by atoms with Gasteiger partial charge in [-0.05, 0) is 57.0 Å². The first-order chi connectivity index (χ1) is 8.12. The van der Waals surface area contributed by atoms with Crippen molar-refractivity contribution in [2.75, 3.05) is 19.6 Å². The van der Waals surface area contributed by atoms with Gasteiger partial charge in [-0.3, -0.25) is 4.90 Å². The number of nitrogens with one attached hydrogen (secondary N) is 1. The van der Waals surface area contributed by atoms with E-state index in [4.69, 9.17) is 0 Å². The Morgan fingerprint density at radius 1 is 1.12 bits per heavy atom. The van der Waals surface area contributed by atoms with Crippen LogP contribution in [-0.2, 0) is 0 Å². The van der Waals surface area contributed by atoms with Gasteiger partial charge in [-0.1, -0.05) is 20.8 Å². The highest BCUT2D eigenvalue weighted by molar-refractivity contribution is 4.89. The Balaban J connectivity index is 1.92. The molecule has 1 aliphatic heterocycles. The monoisotopic (exact) mass is 238 g/mol. The topological polar surface area (TPSA) is 15.3 Å². The van der Waals surface area contributed by atoms with Gasteiger partial charge in [0.1, 0.15) is 0 Å². The van der Waals surface area contributed by atoms with Crippen molar-refractivity contribution < 1.29 is 0 Å². The normalized spacial score (nSPS) is 30.0. The van der Waals surface area contributed by atoms with Gasteiger partial charge >= 0.3 is 0 Å². The van der Waals surface area contributed by atoms with Crippen LogP contribution < -0.4 is 5.32 Å². The van der Waals surface area contributed by atoms with Gasteiger partial charge in [0.15, 0.2) is 0 Å². The van der Waals surface area contributed by atoms with Gasteiger partial charge < -0.3 is 5.32 Å². The molecule has 2 rings (SSSR count). The van der Waals surface area contributed by atoms with Crippen LogP contribution in [-0.4, -0.2) is 36.6 Å². The van der Waals surface area contributed by atoms with Gasteiger partial charge in [-0.2, -0.15) is 0 Å². The minimum Gasteiger partial charge on any atom is -0.315 e. The van der Waals surface area contributed by atoms with E-state index in [0.717, 1.165) is 12.1 Å². The Morgan fingerprint density at radius 2 is 1.82 bits per heavy atom. The molecule has 1 saturated heterocycles. The summed E-state index contributed by atoms with van der Waals surface area (Å²) in [6.45, 7) is 10.9. The second-order valence-electron chi connectivity index (χ2n) is 6.78. The van der Waals surface area contributed by atoms with Crippen molar-refractivity contribution in [2.24, 2.45) is 5.41 Å². The summed E-state index contributed by atoms with van der Waals surface area (Å²) in [5.74, 6) is 0. The third kappa shape index (κ3) is 3.45. The summed E-state index contributed by atoms with van der Waals surface area (Å²) in [7, 11) is 0. The average molecular weight is 238 g/mol. The maximum atomic E-state index is 3.52. The fourth-order valence-electron chi connectivity index (χ4n) is 3.56. The fraction of sp³-hybridized carbons (Fsp3) is 1.00. The number of rotatable bonds is 4. The van der Waals surface area contributed by atoms with Crippen molar-refractivity contribution in [1.29, 1.82) is 0 Å². The third-order valence-electron chi connectivity index (χ3n) is 4.76. The lowest BCUT2D eigenvalue weighted by atomic mass is 9.75. The quantitative estimate of drug-likeness (QED) is 0.810. The fourth-order valence-corrected chi connectivity index (χ4v) is 3.56. The van der Waals surface area contributed by atoms with Crippen molar-refractivity contribution in [3.05, 3.63) is 0 Å². The maximum Gasteiger partial charge on any atom is 0.0235 e. The molecule has 1 N–H and O–H groups in total. The molecule has 2 aliphatic rings. The molecule has 0 radical (unpaired) electrons. The van der Waals surface area contributed by atoms with Crippen LogP contribution in [0.5, 0.6) is 0 Å². The van der Waals surface area contributed by atoms with Crippen LogP contribution in [0.1, 0.15) is 59.3 Å². The summed E-state index contributed by atoms with van der Waals surface area (Å²) >= 11 is 0. The van der Waals surface area contributed by atoms with E-state index in [1.54, 1.807) is 0 Å². The standard InChI is InChI=1S/C15H30N2/c1-4-11-17(14-7-10-16-12-14)13-5-8-15(2,3)9-6-13/h13-14,16H,4-12H2,1-3H3. The lowest BCUT2D eigenvalue weighted by Gasteiger charge is -2.42. The molecule has 1 unspecified atom stereocenters. The summed E-state index contributed by atoms with van der Waals surface area (Å²) in [5.41, 5.74) is 0.600. The molecular weight excluding hydrogens is 208 g/mol. The molecule has 1 atom stereocenters. The highest BCUT2D eigenvalue weighted by Crippen LogP contribution is 2.37. The SMILES string of the molecule is CCCN(C1CCC(C)(C)CC1)C1CCNC1. The van der Waals surface area contributed by atoms with Gasteiger partial charge in [0.25, 0.3) is 0 Å². The minimum absolute atomic E-state index is 0.600. The molecule has 1 heterocycles. The van der Waals surface area contributed by atoms with Gasteiger partial charge in [-0.15, -0.1) is 0 Å². The summed E-state index contributed by atoms with van der Waals surface area (Å²) in [6.07, 6.45) is 8.33. The van der Waals surface area contributed by atoms with E-state index in [0.29, 0.717) is 5.41 Å². The predicted molar refractivity (Wildman–Crippen MR) is 74.3 cm³/mol. The molecule has 0 amide bonds. The van der Waals surface area contributed by atoms with Crippen molar-refractivity contribution in [3.8, 4) is 0 Å². The molecule has 0 spiro atoms. The Labute approximate surface area is 107 Å². The zero-order chi connectivity index (χ0) is 12.3. The van der Waals surface area contributed by atoms with Gasteiger partial charge in [0, 0.05) is 18.6 Å². The van der Waals surface area contributed by atoms with Crippen molar-refractivity contribution in [1.82, 2.24) is 10.2 Å². The molecule has 1 aliphatic carbocycles. The zero-order valence-corrected chi connectivity index (χ0v) is 12.0. The second-order valence-corrected chi connectivity index (χ2v) is 6.78. The van der Waals surface area contributed by atoms with Crippen molar-refractivity contribution >= 4 is 0 Å². The first-order valence-electron chi connectivity index (χ1n) is 7.59.